The highest BCUT2D eigenvalue weighted by molar-refractivity contribution is 7.89. The second-order valence-electron chi connectivity index (χ2n) is 11.2. The summed E-state index contributed by atoms with van der Waals surface area (Å²) in [4.78, 5) is 12.8. The van der Waals surface area contributed by atoms with Gasteiger partial charge in [0.2, 0.25) is 10.0 Å². The van der Waals surface area contributed by atoms with Crippen LogP contribution in [0.3, 0.4) is 0 Å². The van der Waals surface area contributed by atoms with Crippen LogP contribution < -0.4 is 0 Å². The highest BCUT2D eigenvalue weighted by atomic mass is 32.2. The lowest BCUT2D eigenvalue weighted by molar-refractivity contribution is -0.384. The first kappa shape index (κ1) is 32.0. The van der Waals surface area contributed by atoms with E-state index < -0.39 is 27.1 Å². The van der Waals surface area contributed by atoms with Crippen LogP contribution in [0.2, 0.25) is 0 Å². The minimum absolute atomic E-state index is 0.0164. The number of rotatable bonds is 15. The van der Waals surface area contributed by atoms with Crippen molar-refractivity contribution in [2.24, 2.45) is 5.92 Å². The van der Waals surface area contributed by atoms with Crippen molar-refractivity contribution in [1.82, 2.24) is 9.21 Å². The molecule has 1 N–H and O–H groups in total. The van der Waals surface area contributed by atoms with Crippen molar-refractivity contribution in [2.75, 3.05) is 13.1 Å². The number of nitro benzene ring substituents is 1. The lowest BCUT2D eigenvalue weighted by atomic mass is 9.97. The third-order valence-electron chi connectivity index (χ3n) is 7.30. The zero-order chi connectivity index (χ0) is 30.8. The molecule has 0 spiro atoms. The Labute approximate surface area is 254 Å². The van der Waals surface area contributed by atoms with Gasteiger partial charge in [0, 0.05) is 44.4 Å². The quantitative estimate of drug-likeness (QED) is 0.134. The SMILES string of the molecule is CC(C)CN(C[C@@H](O)[C@H](Cc1ccccc1)N(Cc1ccccc1)Cc1ccccc1)S(=O)(=O)c1ccc([N+](=O)[O-])cc1. The number of hydrogen-bond donors (Lipinski definition) is 1. The summed E-state index contributed by atoms with van der Waals surface area (Å²) in [7, 11) is -4.05. The van der Waals surface area contributed by atoms with Gasteiger partial charge in [0.25, 0.3) is 5.69 Å². The van der Waals surface area contributed by atoms with Gasteiger partial charge >= 0.3 is 0 Å². The third-order valence-corrected chi connectivity index (χ3v) is 9.15. The van der Waals surface area contributed by atoms with E-state index in [1.165, 1.54) is 28.6 Å². The highest BCUT2D eigenvalue weighted by Gasteiger charge is 2.33. The maximum Gasteiger partial charge on any atom is 0.269 e. The first-order valence-corrected chi connectivity index (χ1v) is 15.9. The first-order valence-electron chi connectivity index (χ1n) is 14.4. The summed E-state index contributed by atoms with van der Waals surface area (Å²) in [6, 6.07) is 34.4. The predicted octanol–water partition coefficient (Wildman–Crippen LogP) is 5.92. The Morgan fingerprint density at radius 1 is 0.721 bits per heavy atom. The molecular formula is C34H39N3O5S. The molecule has 0 saturated heterocycles. The second kappa shape index (κ2) is 15.0. The monoisotopic (exact) mass is 601 g/mol. The molecule has 0 saturated carbocycles. The van der Waals surface area contributed by atoms with Crippen LogP contribution in [0.5, 0.6) is 0 Å². The standard InChI is InChI=1S/C34H39N3O5S/c1-27(2)23-36(43(41,42)32-20-18-31(19-21-32)37(39)40)26-34(38)33(22-28-12-6-3-7-13-28)35(24-29-14-8-4-9-15-29)25-30-16-10-5-11-17-30/h3-21,27,33-34,38H,22-26H2,1-2H3/t33-,34+/m0/s1. The summed E-state index contributed by atoms with van der Waals surface area (Å²) in [6.45, 7) is 5.01. The fourth-order valence-electron chi connectivity index (χ4n) is 5.19. The summed E-state index contributed by atoms with van der Waals surface area (Å²) in [5.41, 5.74) is 3.02. The molecule has 2 atom stereocenters. The molecule has 0 fully saturated rings. The van der Waals surface area contributed by atoms with Crippen LogP contribution in [-0.4, -0.2) is 52.9 Å². The summed E-state index contributed by atoms with van der Waals surface area (Å²) in [5.74, 6) is -0.0164. The van der Waals surface area contributed by atoms with Crippen molar-refractivity contribution in [2.45, 2.75) is 50.4 Å². The zero-order valence-corrected chi connectivity index (χ0v) is 25.4. The van der Waals surface area contributed by atoms with E-state index in [-0.39, 0.29) is 29.6 Å². The Morgan fingerprint density at radius 3 is 1.63 bits per heavy atom. The molecule has 0 bridgehead atoms. The maximum absolute atomic E-state index is 13.8. The van der Waals surface area contributed by atoms with Gasteiger partial charge in [-0.25, -0.2) is 8.42 Å². The average Bonchev–Trinajstić information content (AvgIpc) is 3.00. The zero-order valence-electron chi connectivity index (χ0n) is 24.6. The molecule has 0 aliphatic heterocycles. The molecule has 4 rings (SSSR count). The van der Waals surface area contributed by atoms with Gasteiger partial charge in [-0.2, -0.15) is 4.31 Å². The summed E-state index contributed by atoms with van der Waals surface area (Å²) < 4.78 is 29.0. The first-order chi connectivity index (χ1) is 20.6. The second-order valence-corrected chi connectivity index (χ2v) is 13.1. The number of non-ortho nitro benzene ring substituents is 1. The molecule has 8 nitrogen and oxygen atoms in total. The molecule has 0 aliphatic carbocycles. The van der Waals surface area contributed by atoms with Crippen LogP contribution in [-0.2, 0) is 29.5 Å². The Bertz CT molecular complexity index is 1490. The largest absolute Gasteiger partial charge is 0.390 e. The molecule has 0 aliphatic rings. The Hall–Kier alpha value is -3.89. The Kier molecular flexibility index (Phi) is 11.2. The van der Waals surface area contributed by atoms with E-state index in [2.05, 4.69) is 4.90 Å². The summed E-state index contributed by atoms with van der Waals surface area (Å²) in [5, 5.41) is 23.1. The van der Waals surface area contributed by atoms with Gasteiger partial charge in [-0.1, -0.05) is 105 Å². The van der Waals surface area contributed by atoms with Crippen molar-refractivity contribution in [1.29, 1.82) is 0 Å². The number of aliphatic hydroxyl groups excluding tert-OH is 1. The van der Waals surface area contributed by atoms with E-state index in [1.54, 1.807) is 0 Å². The minimum atomic E-state index is -4.05. The number of sulfonamides is 1. The lowest BCUT2D eigenvalue weighted by Crippen LogP contribution is -2.50. The number of benzene rings is 4. The molecule has 0 unspecified atom stereocenters. The fraction of sp³-hybridized carbons (Fsp3) is 0.294. The van der Waals surface area contributed by atoms with Crippen LogP contribution >= 0.6 is 0 Å². The molecule has 0 radical (unpaired) electrons. The van der Waals surface area contributed by atoms with E-state index in [0.29, 0.717) is 19.5 Å². The molecule has 0 heterocycles. The van der Waals surface area contributed by atoms with E-state index in [9.17, 15) is 23.6 Å². The van der Waals surface area contributed by atoms with Gasteiger partial charge in [0.15, 0.2) is 0 Å². The van der Waals surface area contributed by atoms with Crippen LogP contribution in [0.4, 0.5) is 5.69 Å². The van der Waals surface area contributed by atoms with E-state index >= 15 is 0 Å². The summed E-state index contributed by atoms with van der Waals surface area (Å²) in [6.07, 6.45) is -0.534. The molecule has 4 aromatic carbocycles. The van der Waals surface area contributed by atoms with Gasteiger partial charge in [0.05, 0.1) is 15.9 Å². The van der Waals surface area contributed by atoms with Gasteiger partial charge in [-0.15, -0.1) is 0 Å². The Balaban J connectivity index is 1.70. The van der Waals surface area contributed by atoms with Crippen molar-refractivity contribution >= 4 is 15.7 Å². The topological polar surface area (TPSA) is 104 Å². The summed E-state index contributed by atoms with van der Waals surface area (Å²) >= 11 is 0. The van der Waals surface area contributed by atoms with Crippen LogP contribution in [0, 0.1) is 16.0 Å². The average molecular weight is 602 g/mol. The highest BCUT2D eigenvalue weighted by Crippen LogP contribution is 2.24. The normalized spacial score (nSPS) is 13.3. The van der Waals surface area contributed by atoms with Gasteiger partial charge in [-0.05, 0) is 41.2 Å². The van der Waals surface area contributed by atoms with Crippen LogP contribution in [0.1, 0.15) is 30.5 Å². The van der Waals surface area contributed by atoms with Crippen molar-refractivity contribution in [3.05, 3.63) is 142 Å². The maximum atomic E-state index is 13.8. The number of nitro groups is 1. The number of aliphatic hydroxyl groups is 1. The third kappa shape index (κ3) is 9.05. The minimum Gasteiger partial charge on any atom is -0.390 e. The molecular weight excluding hydrogens is 562 g/mol. The van der Waals surface area contributed by atoms with Gasteiger partial charge < -0.3 is 5.11 Å². The molecule has 226 valence electrons. The molecule has 0 aromatic heterocycles. The van der Waals surface area contributed by atoms with Crippen molar-refractivity contribution < 1.29 is 18.4 Å². The smallest absolute Gasteiger partial charge is 0.269 e. The molecule has 9 heteroatoms. The fourth-order valence-corrected chi connectivity index (χ4v) is 6.81. The predicted molar refractivity (Wildman–Crippen MR) is 169 cm³/mol. The molecule has 4 aromatic rings. The van der Waals surface area contributed by atoms with Crippen LogP contribution in [0.15, 0.2) is 120 Å². The molecule has 43 heavy (non-hydrogen) atoms. The van der Waals surface area contributed by atoms with Gasteiger partial charge in [-0.3, -0.25) is 15.0 Å². The van der Waals surface area contributed by atoms with E-state index in [1.807, 2.05) is 105 Å². The number of hydrogen-bond acceptors (Lipinski definition) is 6. The number of nitrogens with zero attached hydrogens (tertiary/aromatic N) is 3. The van der Waals surface area contributed by atoms with E-state index in [4.69, 9.17) is 0 Å². The van der Waals surface area contributed by atoms with Crippen LogP contribution in [0.25, 0.3) is 0 Å². The lowest BCUT2D eigenvalue weighted by Gasteiger charge is -2.37. The van der Waals surface area contributed by atoms with Crippen molar-refractivity contribution in [3.63, 3.8) is 0 Å². The van der Waals surface area contributed by atoms with Crippen molar-refractivity contribution in [3.8, 4) is 0 Å². The Morgan fingerprint density at radius 2 is 1.19 bits per heavy atom. The van der Waals surface area contributed by atoms with E-state index in [0.717, 1.165) is 16.7 Å². The van der Waals surface area contributed by atoms with Gasteiger partial charge in [0.1, 0.15) is 0 Å². The molecule has 0 amide bonds.